The van der Waals surface area contributed by atoms with E-state index >= 15 is 0 Å². The molecule has 2 rings (SSSR count). The van der Waals surface area contributed by atoms with Crippen LogP contribution in [0.25, 0.3) is 0 Å². The fourth-order valence-electron chi connectivity index (χ4n) is 1.97. The maximum atomic E-state index is 13.2. The lowest BCUT2D eigenvalue weighted by molar-refractivity contribution is -0.384. The molecular formula is C15H15FN2O3. The number of nitrogens with zero attached hydrogens (tertiary/aromatic N) is 1. The summed E-state index contributed by atoms with van der Waals surface area (Å²) < 4.78 is 18.4. The Morgan fingerprint density at radius 2 is 2.05 bits per heavy atom. The van der Waals surface area contributed by atoms with Crippen LogP contribution in [0.5, 0.6) is 5.75 Å². The van der Waals surface area contributed by atoms with Crippen LogP contribution in [-0.4, -0.2) is 12.0 Å². The Bertz CT molecular complexity index is 674. The third-order valence-corrected chi connectivity index (χ3v) is 3.12. The number of ether oxygens (including phenoxy) is 1. The quantitative estimate of drug-likeness (QED) is 0.674. The number of hydrogen-bond acceptors (Lipinski definition) is 4. The molecule has 0 amide bonds. The number of halogens is 1. The van der Waals surface area contributed by atoms with Crippen molar-refractivity contribution in [3.05, 3.63) is 63.5 Å². The van der Waals surface area contributed by atoms with Gasteiger partial charge in [0, 0.05) is 29.9 Å². The Balaban J connectivity index is 2.19. The lowest BCUT2D eigenvalue weighted by Gasteiger charge is -2.11. The molecule has 0 aromatic heterocycles. The first-order valence-corrected chi connectivity index (χ1v) is 6.32. The second-order valence-electron chi connectivity index (χ2n) is 4.57. The highest BCUT2D eigenvalue weighted by atomic mass is 19.1. The number of rotatable bonds is 5. The van der Waals surface area contributed by atoms with Crippen molar-refractivity contribution in [3.8, 4) is 5.75 Å². The van der Waals surface area contributed by atoms with Crippen molar-refractivity contribution in [2.45, 2.75) is 13.5 Å². The minimum Gasteiger partial charge on any atom is -0.496 e. The van der Waals surface area contributed by atoms with E-state index in [9.17, 15) is 14.5 Å². The lowest BCUT2D eigenvalue weighted by Crippen LogP contribution is -2.03. The molecule has 110 valence electrons. The van der Waals surface area contributed by atoms with E-state index in [-0.39, 0.29) is 11.5 Å². The molecule has 0 aliphatic carbocycles. The number of aryl methyl sites for hydroxylation is 1. The zero-order valence-corrected chi connectivity index (χ0v) is 11.7. The number of hydrogen-bond donors (Lipinski definition) is 1. The van der Waals surface area contributed by atoms with Gasteiger partial charge in [-0.3, -0.25) is 10.1 Å². The van der Waals surface area contributed by atoms with Gasteiger partial charge in [0.15, 0.2) is 0 Å². The summed E-state index contributed by atoms with van der Waals surface area (Å²) in [7, 11) is 1.51. The van der Waals surface area contributed by atoms with Gasteiger partial charge in [0.1, 0.15) is 11.6 Å². The maximum Gasteiger partial charge on any atom is 0.270 e. The van der Waals surface area contributed by atoms with Crippen LogP contribution in [0.15, 0.2) is 36.4 Å². The SMILES string of the molecule is COc1ccc([N+](=O)[O-])cc1CNc1ccc(F)c(C)c1. The summed E-state index contributed by atoms with van der Waals surface area (Å²) in [6.07, 6.45) is 0. The second-order valence-corrected chi connectivity index (χ2v) is 4.57. The van der Waals surface area contributed by atoms with Crippen molar-refractivity contribution in [2.24, 2.45) is 0 Å². The van der Waals surface area contributed by atoms with E-state index in [2.05, 4.69) is 5.32 Å². The Morgan fingerprint density at radius 1 is 1.29 bits per heavy atom. The van der Waals surface area contributed by atoms with Crippen molar-refractivity contribution >= 4 is 11.4 Å². The number of nitro benzene ring substituents is 1. The molecule has 0 saturated carbocycles. The van der Waals surface area contributed by atoms with Gasteiger partial charge in [0.05, 0.1) is 12.0 Å². The Kier molecular flexibility index (Phi) is 4.37. The highest BCUT2D eigenvalue weighted by Gasteiger charge is 2.11. The molecule has 2 aromatic rings. The molecule has 0 saturated heterocycles. The van der Waals surface area contributed by atoms with Crippen LogP contribution in [0.1, 0.15) is 11.1 Å². The van der Waals surface area contributed by atoms with Crippen molar-refractivity contribution in [3.63, 3.8) is 0 Å². The van der Waals surface area contributed by atoms with Crippen LogP contribution >= 0.6 is 0 Å². The van der Waals surface area contributed by atoms with E-state index in [1.54, 1.807) is 25.1 Å². The summed E-state index contributed by atoms with van der Waals surface area (Å²) in [5.74, 6) is 0.292. The molecule has 0 aliphatic heterocycles. The van der Waals surface area contributed by atoms with Crippen LogP contribution in [-0.2, 0) is 6.54 Å². The molecule has 1 N–H and O–H groups in total. The van der Waals surface area contributed by atoms with Crippen LogP contribution in [0, 0.1) is 22.9 Å². The minimum atomic E-state index is -0.453. The van der Waals surface area contributed by atoms with Crippen molar-refractivity contribution < 1.29 is 14.1 Å². The highest BCUT2D eigenvalue weighted by molar-refractivity contribution is 5.49. The first-order valence-electron chi connectivity index (χ1n) is 6.32. The molecule has 0 radical (unpaired) electrons. The number of anilines is 1. The number of nitro groups is 1. The van der Waals surface area contributed by atoms with E-state index in [4.69, 9.17) is 4.74 Å². The van der Waals surface area contributed by atoms with Gasteiger partial charge in [-0.2, -0.15) is 0 Å². The van der Waals surface area contributed by atoms with E-state index < -0.39 is 4.92 Å². The van der Waals surface area contributed by atoms with Crippen LogP contribution in [0.4, 0.5) is 15.8 Å². The number of nitrogens with one attached hydrogen (secondary N) is 1. The van der Waals surface area contributed by atoms with E-state index in [1.807, 2.05) is 0 Å². The van der Waals surface area contributed by atoms with E-state index in [0.29, 0.717) is 23.4 Å². The first-order chi connectivity index (χ1) is 10.0. The highest BCUT2D eigenvalue weighted by Crippen LogP contribution is 2.25. The third kappa shape index (κ3) is 3.47. The minimum absolute atomic E-state index is 0.00267. The molecule has 0 heterocycles. The Labute approximate surface area is 121 Å². The van der Waals surface area contributed by atoms with Gasteiger partial charge in [0.2, 0.25) is 0 Å². The number of benzene rings is 2. The summed E-state index contributed by atoms with van der Waals surface area (Å²) in [5, 5.41) is 13.9. The average molecular weight is 290 g/mol. The molecule has 0 unspecified atom stereocenters. The normalized spacial score (nSPS) is 10.2. The summed E-state index contributed by atoms with van der Waals surface area (Å²) in [4.78, 5) is 10.4. The van der Waals surface area contributed by atoms with Crippen molar-refractivity contribution in [1.29, 1.82) is 0 Å². The molecule has 0 aliphatic rings. The Morgan fingerprint density at radius 3 is 2.67 bits per heavy atom. The maximum absolute atomic E-state index is 13.2. The van der Waals surface area contributed by atoms with Crippen molar-refractivity contribution in [1.82, 2.24) is 0 Å². The Hall–Kier alpha value is -2.63. The zero-order chi connectivity index (χ0) is 15.4. The van der Waals surface area contributed by atoms with Gasteiger partial charge in [-0.1, -0.05) is 0 Å². The van der Waals surface area contributed by atoms with E-state index in [0.717, 1.165) is 5.69 Å². The molecule has 2 aromatic carbocycles. The average Bonchev–Trinajstić information content (AvgIpc) is 2.48. The molecule has 21 heavy (non-hydrogen) atoms. The third-order valence-electron chi connectivity index (χ3n) is 3.12. The number of methoxy groups -OCH3 is 1. The first kappa shape index (κ1) is 14.8. The standard InChI is InChI=1S/C15H15FN2O3/c1-10-7-12(3-5-14(10)16)17-9-11-8-13(18(19)20)4-6-15(11)21-2/h3-8,17H,9H2,1-2H3. The summed E-state index contributed by atoms with van der Waals surface area (Å²) in [6, 6.07) is 9.09. The van der Waals surface area contributed by atoms with Crippen molar-refractivity contribution in [2.75, 3.05) is 12.4 Å². The van der Waals surface area contributed by atoms with Gasteiger partial charge >= 0.3 is 0 Å². The molecule has 6 heteroatoms. The number of non-ortho nitro benzene ring substituents is 1. The summed E-state index contributed by atoms with van der Waals surface area (Å²) in [5.41, 5.74) is 1.94. The van der Waals surface area contributed by atoms with Gasteiger partial charge in [0.25, 0.3) is 5.69 Å². The predicted octanol–water partition coefficient (Wildman–Crippen LogP) is 3.66. The van der Waals surface area contributed by atoms with Gasteiger partial charge in [-0.15, -0.1) is 0 Å². The van der Waals surface area contributed by atoms with Crippen LogP contribution in [0.3, 0.4) is 0 Å². The van der Waals surface area contributed by atoms with Gasteiger partial charge in [-0.05, 0) is 36.8 Å². The summed E-state index contributed by atoms with van der Waals surface area (Å²) in [6.45, 7) is 2.02. The fraction of sp³-hybridized carbons (Fsp3) is 0.200. The summed E-state index contributed by atoms with van der Waals surface area (Å²) >= 11 is 0. The monoisotopic (exact) mass is 290 g/mol. The molecule has 5 nitrogen and oxygen atoms in total. The molecule has 0 spiro atoms. The molecule has 0 fully saturated rings. The zero-order valence-electron chi connectivity index (χ0n) is 11.7. The van der Waals surface area contributed by atoms with Crippen LogP contribution < -0.4 is 10.1 Å². The smallest absolute Gasteiger partial charge is 0.270 e. The molecular weight excluding hydrogens is 275 g/mol. The van der Waals surface area contributed by atoms with Gasteiger partial charge < -0.3 is 10.1 Å². The second kappa shape index (κ2) is 6.21. The van der Waals surface area contributed by atoms with Gasteiger partial charge in [-0.25, -0.2) is 4.39 Å². The fourth-order valence-corrected chi connectivity index (χ4v) is 1.97. The molecule has 0 atom stereocenters. The topological polar surface area (TPSA) is 64.4 Å². The lowest BCUT2D eigenvalue weighted by atomic mass is 10.1. The van der Waals surface area contributed by atoms with E-state index in [1.165, 1.54) is 25.3 Å². The predicted molar refractivity (Wildman–Crippen MR) is 78.1 cm³/mol. The van der Waals surface area contributed by atoms with Crippen LogP contribution in [0.2, 0.25) is 0 Å². The molecule has 0 bridgehead atoms. The largest absolute Gasteiger partial charge is 0.496 e.